The number of esters is 1. The number of nitrogens with zero attached hydrogens (tertiary/aromatic N) is 1. The van der Waals surface area contributed by atoms with Crippen LogP contribution in [0.5, 0.6) is 0 Å². The van der Waals surface area contributed by atoms with E-state index in [-0.39, 0.29) is 11.8 Å². The Labute approximate surface area is 149 Å². The summed E-state index contributed by atoms with van der Waals surface area (Å²) in [4.78, 5) is 14.8. The van der Waals surface area contributed by atoms with Crippen LogP contribution >= 0.6 is 0 Å². The van der Waals surface area contributed by atoms with Crippen LogP contribution in [0, 0.1) is 11.2 Å². The van der Waals surface area contributed by atoms with E-state index in [0.717, 1.165) is 31.5 Å². The fraction of sp³-hybridized carbons (Fsp3) is 0.550. The van der Waals surface area contributed by atoms with Crippen molar-refractivity contribution in [2.75, 3.05) is 40.0 Å². The quantitative estimate of drug-likeness (QED) is 0.673. The van der Waals surface area contributed by atoms with Crippen LogP contribution in [-0.2, 0) is 14.3 Å². The lowest BCUT2D eigenvalue weighted by atomic mass is 9.77. The third-order valence-corrected chi connectivity index (χ3v) is 4.69. The van der Waals surface area contributed by atoms with E-state index in [1.54, 1.807) is 19.2 Å². The standard InChI is InChI=1S/C20H28FNO3/c1-3-25-19(23)20(12-15-24-2)11-5-14-22(16-20)13-4-6-17-7-9-18(21)10-8-17/h4,6-10H,3,5,11-16H2,1-2H3/b6-4+/t20-/m1/s1. The molecule has 1 aliphatic rings. The summed E-state index contributed by atoms with van der Waals surface area (Å²) in [7, 11) is 1.66. The number of ether oxygens (including phenoxy) is 2. The molecular formula is C20H28FNO3. The molecule has 0 spiro atoms. The maximum Gasteiger partial charge on any atom is 0.313 e. The van der Waals surface area contributed by atoms with Crippen molar-refractivity contribution < 1.29 is 18.7 Å². The van der Waals surface area contributed by atoms with Crippen LogP contribution in [0.2, 0.25) is 0 Å². The molecule has 5 heteroatoms. The molecule has 0 radical (unpaired) electrons. The summed E-state index contributed by atoms with van der Waals surface area (Å²) < 4.78 is 23.5. The zero-order valence-electron chi connectivity index (χ0n) is 15.2. The van der Waals surface area contributed by atoms with Crippen molar-refractivity contribution >= 4 is 12.0 Å². The zero-order chi connectivity index (χ0) is 18.1. The smallest absolute Gasteiger partial charge is 0.313 e. The second-order valence-electron chi connectivity index (χ2n) is 6.54. The average molecular weight is 349 g/mol. The first-order valence-corrected chi connectivity index (χ1v) is 8.90. The molecule has 0 aromatic heterocycles. The van der Waals surface area contributed by atoms with Crippen LogP contribution in [0.3, 0.4) is 0 Å². The van der Waals surface area contributed by atoms with Crippen LogP contribution in [0.4, 0.5) is 4.39 Å². The van der Waals surface area contributed by atoms with E-state index in [2.05, 4.69) is 11.0 Å². The fourth-order valence-electron chi connectivity index (χ4n) is 3.35. The lowest BCUT2D eigenvalue weighted by Gasteiger charge is -2.40. The van der Waals surface area contributed by atoms with Gasteiger partial charge in [-0.05, 0) is 50.4 Å². The molecule has 4 nitrogen and oxygen atoms in total. The van der Waals surface area contributed by atoms with Crippen molar-refractivity contribution in [3.63, 3.8) is 0 Å². The third-order valence-electron chi connectivity index (χ3n) is 4.69. The van der Waals surface area contributed by atoms with Crippen LogP contribution in [0.15, 0.2) is 30.3 Å². The van der Waals surface area contributed by atoms with E-state index in [1.165, 1.54) is 12.1 Å². The summed E-state index contributed by atoms with van der Waals surface area (Å²) in [6.45, 7) is 5.19. The van der Waals surface area contributed by atoms with E-state index in [1.807, 2.05) is 13.0 Å². The zero-order valence-corrected chi connectivity index (χ0v) is 15.2. The van der Waals surface area contributed by atoms with Gasteiger partial charge in [-0.2, -0.15) is 0 Å². The van der Waals surface area contributed by atoms with Gasteiger partial charge < -0.3 is 9.47 Å². The Kier molecular flexibility index (Phi) is 7.59. The van der Waals surface area contributed by atoms with Gasteiger partial charge in [-0.3, -0.25) is 9.69 Å². The second-order valence-corrected chi connectivity index (χ2v) is 6.54. The average Bonchev–Trinajstić information content (AvgIpc) is 2.62. The highest BCUT2D eigenvalue weighted by Crippen LogP contribution is 2.35. The Bertz CT molecular complexity index is 573. The molecule has 0 saturated carbocycles. The third kappa shape index (κ3) is 5.65. The predicted octanol–water partition coefficient (Wildman–Crippen LogP) is 3.52. The minimum atomic E-state index is -0.478. The molecule has 0 bridgehead atoms. The topological polar surface area (TPSA) is 38.8 Å². The molecule has 1 heterocycles. The number of hydrogen-bond acceptors (Lipinski definition) is 4. The Balaban J connectivity index is 1.98. The van der Waals surface area contributed by atoms with Gasteiger partial charge in [0.05, 0.1) is 12.0 Å². The van der Waals surface area contributed by atoms with E-state index in [4.69, 9.17) is 9.47 Å². The lowest BCUT2D eigenvalue weighted by molar-refractivity contribution is -0.160. The van der Waals surface area contributed by atoms with Crippen LogP contribution < -0.4 is 0 Å². The molecule has 0 N–H and O–H groups in total. The van der Waals surface area contributed by atoms with Crippen molar-refractivity contribution in [2.24, 2.45) is 5.41 Å². The fourth-order valence-corrected chi connectivity index (χ4v) is 3.35. The first-order valence-electron chi connectivity index (χ1n) is 8.90. The number of methoxy groups -OCH3 is 1. The van der Waals surface area contributed by atoms with E-state index < -0.39 is 5.41 Å². The number of likely N-dealkylation sites (tertiary alicyclic amines) is 1. The number of halogens is 1. The van der Waals surface area contributed by atoms with Crippen LogP contribution in [-0.4, -0.2) is 50.8 Å². The highest BCUT2D eigenvalue weighted by molar-refractivity contribution is 5.77. The lowest BCUT2D eigenvalue weighted by Crippen LogP contribution is -2.49. The molecule has 1 fully saturated rings. The normalized spacial score (nSPS) is 21.6. The number of benzene rings is 1. The molecule has 25 heavy (non-hydrogen) atoms. The molecular weight excluding hydrogens is 321 g/mol. The molecule has 1 saturated heterocycles. The van der Waals surface area contributed by atoms with E-state index >= 15 is 0 Å². The number of hydrogen-bond donors (Lipinski definition) is 0. The van der Waals surface area contributed by atoms with Gasteiger partial charge in [0, 0.05) is 26.8 Å². The van der Waals surface area contributed by atoms with Crippen molar-refractivity contribution in [1.29, 1.82) is 0 Å². The van der Waals surface area contributed by atoms with Gasteiger partial charge in [-0.25, -0.2) is 4.39 Å². The van der Waals surface area contributed by atoms with E-state index in [0.29, 0.717) is 26.2 Å². The maximum absolute atomic E-state index is 12.9. The Morgan fingerprint density at radius 2 is 2.12 bits per heavy atom. The molecule has 0 amide bonds. The molecule has 2 rings (SSSR count). The van der Waals surface area contributed by atoms with Crippen LogP contribution in [0.25, 0.3) is 6.08 Å². The summed E-state index contributed by atoms with van der Waals surface area (Å²) in [6.07, 6.45) is 6.53. The van der Waals surface area contributed by atoms with Gasteiger partial charge in [-0.15, -0.1) is 0 Å². The molecule has 138 valence electrons. The van der Waals surface area contributed by atoms with E-state index in [9.17, 15) is 9.18 Å². The van der Waals surface area contributed by atoms with Gasteiger partial charge in [0.25, 0.3) is 0 Å². The Morgan fingerprint density at radius 1 is 1.36 bits per heavy atom. The van der Waals surface area contributed by atoms with Gasteiger partial charge in [0.2, 0.25) is 0 Å². The van der Waals surface area contributed by atoms with Crippen LogP contribution in [0.1, 0.15) is 31.7 Å². The maximum atomic E-state index is 12.9. The largest absolute Gasteiger partial charge is 0.466 e. The summed E-state index contributed by atoms with van der Waals surface area (Å²) in [5.74, 6) is -0.343. The van der Waals surface area contributed by atoms with Crippen molar-refractivity contribution in [1.82, 2.24) is 4.90 Å². The molecule has 1 aromatic rings. The Morgan fingerprint density at radius 3 is 2.80 bits per heavy atom. The summed E-state index contributed by atoms with van der Waals surface area (Å²) in [6, 6.07) is 6.42. The molecule has 1 atom stereocenters. The van der Waals surface area contributed by atoms with Crippen molar-refractivity contribution in [3.8, 4) is 0 Å². The molecule has 1 aliphatic heterocycles. The first-order chi connectivity index (χ1) is 12.1. The number of rotatable bonds is 8. The SMILES string of the molecule is CCOC(=O)[C@@]1(CCOC)CCCN(C/C=C/c2ccc(F)cc2)C1. The van der Waals surface area contributed by atoms with Gasteiger partial charge in [0.15, 0.2) is 0 Å². The van der Waals surface area contributed by atoms with Crippen molar-refractivity contribution in [3.05, 3.63) is 41.7 Å². The number of carbonyl (C=O) groups is 1. The Hall–Kier alpha value is -1.72. The molecule has 0 unspecified atom stereocenters. The minimum absolute atomic E-state index is 0.112. The number of carbonyl (C=O) groups excluding carboxylic acids is 1. The first kappa shape index (κ1) is 19.6. The van der Waals surface area contributed by atoms with Gasteiger partial charge in [-0.1, -0.05) is 24.3 Å². The highest BCUT2D eigenvalue weighted by atomic mass is 19.1. The van der Waals surface area contributed by atoms with Gasteiger partial charge in [0.1, 0.15) is 5.82 Å². The molecule has 1 aromatic carbocycles. The minimum Gasteiger partial charge on any atom is -0.466 e. The van der Waals surface area contributed by atoms with Crippen molar-refractivity contribution in [2.45, 2.75) is 26.2 Å². The monoisotopic (exact) mass is 349 g/mol. The summed E-state index contributed by atoms with van der Waals surface area (Å²) in [5, 5.41) is 0. The molecule has 0 aliphatic carbocycles. The summed E-state index contributed by atoms with van der Waals surface area (Å²) >= 11 is 0. The second kappa shape index (κ2) is 9.68. The summed E-state index contributed by atoms with van der Waals surface area (Å²) in [5.41, 5.74) is 0.489. The highest BCUT2D eigenvalue weighted by Gasteiger charge is 2.42. The number of piperidine rings is 1. The predicted molar refractivity (Wildman–Crippen MR) is 96.7 cm³/mol. The van der Waals surface area contributed by atoms with Gasteiger partial charge >= 0.3 is 5.97 Å².